The van der Waals surface area contributed by atoms with E-state index in [-0.39, 0.29) is 6.61 Å². The summed E-state index contributed by atoms with van der Waals surface area (Å²) in [6.07, 6.45) is 3.02. The maximum absolute atomic E-state index is 11.9. The van der Waals surface area contributed by atoms with E-state index in [4.69, 9.17) is 18.9 Å². The zero-order valence-corrected chi connectivity index (χ0v) is 15.8. The second kappa shape index (κ2) is 9.13. The van der Waals surface area contributed by atoms with Gasteiger partial charge in [-0.1, -0.05) is 6.07 Å². The standard InChI is InChI=1S/C19H19BrO5/c1-22-15-8-13(9-16(11-15)23-2)5-7-19(21)25-12-14-4-6-18(24-3)17(20)10-14/h4-11H,12H2,1-3H3/b7-5+. The summed E-state index contributed by atoms with van der Waals surface area (Å²) < 4.78 is 21.6. The molecule has 2 rings (SSSR count). The predicted octanol–water partition coefficient (Wildman–Crippen LogP) is 4.23. The summed E-state index contributed by atoms with van der Waals surface area (Å²) in [5, 5.41) is 0. The average Bonchev–Trinajstić information content (AvgIpc) is 2.64. The predicted molar refractivity (Wildman–Crippen MR) is 99.1 cm³/mol. The third-order valence-corrected chi connectivity index (χ3v) is 4.00. The van der Waals surface area contributed by atoms with Crippen molar-refractivity contribution in [2.45, 2.75) is 6.61 Å². The molecule has 132 valence electrons. The maximum atomic E-state index is 11.9. The van der Waals surface area contributed by atoms with E-state index < -0.39 is 5.97 Å². The van der Waals surface area contributed by atoms with Crippen LogP contribution in [0.1, 0.15) is 11.1 Å². The lowest BCUT2D eigenvalue weighted by atomic mass is 10.2. The van der Waals surface area contributed by atoms with Crippen LogP contribution in [0.3, 0.4) is 0 Å². The molecule has 0 aliphatic rings. The van der Waals surface area contributed by atoms with Crippen LogP contribution in [0.4, 0.5) is 0 Å². The molecule has 0 heterocycles. The van der Waals surface area contributed by atoms with Crippen LogP contribution < -0.4 is 14.2 Å². The molecule has 0 saturated carbocycles. The third kappa shape index (κ3) is 5.53. The maximum Gasteiger partial charge on any atom is 0.331 e. The van der Waals surface area contributed by atoms with Crippen molar-refractivity contribution in [3.8, 4) is 17.2 Å². The van der Waals surface area contributed by atoms with Gasteiger partial charge in [0.2, 0.25) is 0 Å². The Morgan fingerprint density at radius 1 is 1.00 bits per heavy atom. The lowest BCUT2D eigenvalue weighted by Gasteiger charge is -2.07. The number of rotatable bonds is 7. The first kappa shape index (κ1) is 18.9. The van der Waals surface area contributed by atoms with Gasteiger partial charge in [0, 0.05) is 12.1 Å². The molecule has 5 nitrogen and oxygen atoms in total. The van der Waals surface area contributed by atoms with E-state index in [9.17, 15) is 4.79 Å². The first-order valence-corrected chi connectivity index (χ1v) is 8.25. The quantitative estimate of drug-likeness (QED) is 0.508. The lowest BCUT2D eigenvalue weighted by Crippen LogP contribution is -2.01. The lowest BCUT2D eigenvalue weighted by molar-refractivity contribution is -0.138. The normalized spacial score (nSPS) is 10.6. The monoisotopic (exact) mass is 406 g/mol. The summed E-state index contributed by atoms with van der Waals surface area (Å²) in [4.78, 5) is 11.9. The number of benzene rings is 2. The molecule has 0 spiro atoms. The minimum Gasteiger partial charge on any atom is -0.497 e. The van der Waals surface area contributed by atoms with Crippen molar-refractivity contribution >= 4 is 28.0 Å². The van der Waals surface area contributed by atoms with Gasteiger partial charge in [0.15, 0.2) is 0 Å². The summed E-state index contributed by atoms with van der Waals surface area (Å²) in [6, 6.07) is 10.9. The second-order valence-corrected chi connectivity index (χ2v) is 5.91. The first-order chi connectivity index (χ1) is 12.0. The van der Waals surface area contributed by atoms with Crippen LogP contribution in [0.25, 0.3) is 6.08 Å². The highest BCUT2D eigenvalue weighted by Crippen LogP contribution is 2.26. The Bertz CT molecular complexity index is 748. The zero-order chi connectivity index (χ0) is 18.2. The van der Waals surface area contributed by atoms with Crippen LogP contribution in [-0.2, 0) is 16.1 Å². The molecule has 0 unspecified atom stereocenters. The average molecular weight is 407 g/mol. The zero-order valence-electron chi connectivity index (χ0n) is 14.2. The molecule has 0 bridgehead atoms. The molecule has 0 aromatic heterocycles. The largest absolute Gasteiger partial charge is 0.497 e. The minimum absolute atomic E-state index is 0.174. The molecule has 0 radical (unpaired) electrons. The van der Waals surface area contributed by atoms with Crippen molar-refractivity contribution in [3.05, 3.63) is 58.1 Å². The molecule has 0 aliphatic heterocycles. The molecule has 0 atom stereocenters. The van der Waals surface area contributed by atoms with Gasteiger partial charge in [-0.15, -0.1) is 0 Å². The Labute approximate surface area is 155 Å². The van der Waals surface area contributed by atoms with Crippen LogP contribution in [0.2, 0.25) is 0 Å². The van der Waals surface area contributed by atoms with Gasteiger partial charge < -0.3 is 18.9 Å². The number of esters is 1. The van der Waals surface area contributed by atoms with Crippen molar-refractivity contribution in [1.29, 1.82) is 0 Å². The van der Waals surface area contributed by atoms with Crippen molar-refractivity contribution in [2.75, 3.05) is 21.3 Å². The number of ether oxygens (including phenoxy) is 4. The summed E-state index contributed by atoms with van der Waals surface area (Å²) in [5.41, 5.74) is 1.64. The summed E-state index contributed by atoms with van der Waals surface area (Å²) in [6.45, 7) is 0.174. The molecular formula is C19H19BrO5. The molecule has 2 aromatic carbocycles. The fourth-order valence-corrected chi connectivity index (χ4v) is 2.68. The highest BCUT2D eigenvalue weighted by atomic mass is 79.9. The molecule has 0 saturated heterocycles. The number of hydrogen-bond acceptors (Lipinski definition) is 5. The Morgan fingerprint density at radius 3 is 2.24 bits per heavy atom. The summed E-state index contributed by atoms with van der Waals surface area (Å²) in [7, 11) is 4.74. The number of carbonyl (C=O) groups excluding carboxylic acids is 1. The second-order valence-electron chi connectivity index (χ2n) is 5.06. The van der Waals surface area contributed by atoms with Crippen LogP contribution in [-0.4, -0.2) is 27.3 Å². The van der Waals surface area contributed by atoms with E-state index in [2.05, 4.69) is 15.9 Å². The van der Waals surface area contributed by atoms with Crippen molar-refractivity contribution < 1.29 is 23.7 Å². The van der Waals surface area contributed by atoms with Crippen LogP contribution in [0.5, 0.6) is 17.2 Å². The van der Waals surface area contributed by atoms with Gasteiger partial charge in [-0.2, -0.15) is 0 Å². The summed E-state index contributed by atoms with van der Waals surface area (Å²) >= 11 is 3.40. The van der Waals surface area contributed by atoms with E-state index in [0.29, 0.717) is 11.5 Å². The van der Waals surface area contributed by atoms with Crippen molar-refractivity contribution in [3.63, 3.8) is 0 Å². The molecule has 0 N–H and O–H groups in total. The molecule has 0 fully saturated rings. The summed E-state index contributed by atoms with van der Waals surface area (Å²) in [5.74, 6) is 1.58. The molecule has 0 aliphatic carbocycles. The third-order valence-electron chi connectivity index (χ3n) is 3.38. The first-order valence-electron chi connectivity index (χ1n) is 7.46. The van der Waals surface area contributed by atoms with Gasteiger partial charge in [0.25, 0.3) is 0 Å². The van der Waals surface area contributed by atoms with E-state index in [0.717, 1.165) is 21.3 Å². The van der Waals surface area contributed by atoms with Gasteiger partial charge in [0.1, 0.15) is 23.9 Å². The fraction of sp³-hybridized carbons (Fsp3) is 0.211. The van der Waals surface area contributed by atoms with E-state index in [1.165, 1.54) is 6.08 Å². The molecular weight excluding hydrogens is 388 g/mol. The van der Waals surface area contributed by atoms with Gasteiger partial charge in [-0.25, -0.2) is 4.79 Å². The molecule has 25 heavy (non-hydrogen) atoms. The molecule has 2 aromatic rings. The van der Waals surface area contributed by atoms with Gasteiger partial charge in [0.05, 0.1) is 25.8 Å². The van der Waals surface area contributed by atoms with Crippen LogP contribution in [0.15, 0.2) is 46.9 Å². The number of carbonyl (C=O) groups is 1. The Kier molecular flexibility index (Phi) is 6.89. The van der Waals surface area contributed by atoms with Gasteiger partial charge >= 0.3 is 5.97 Å². The smallest absolute Gasteiger partial charge is 0.331 e. The number of methoxy groups -OCH3 is 3. The highest BCUT2D eigenvalue weighted by Gasteiger charge is 2.04. The Hall–Kier alpha value is -2.47. The van der Waals surface area contributed by atoms with Gasteiger partial charge in [-0.05, 0) is 57.4 Å². The molecule has 0 amide bonds. The number of hydrogen-bond donors (Lipinski definition) is 0. The highest BCUT2D eigenvalue weighted by molar-refractivity contribution is 9.10. The SMILES string of the molecule is COc1cc(/C=C/C(=O)OCc2ccc(OC)c(Br)c2)cc(OC)c1. The fourth-order valence-electron chi connectivity index (χ4n) is 2.09. The molecule has 6 heteroatoms. The number of halogens is 1. The van der Waals surface area contributed by atoms with E-state index in [1.54, 1.807) is 45.6 Å². The Morgan fingerprint density at radius 2 is 1.68 bits per heavy atom. The minimum atomic E-state index is -0.436. The van der Waals surface area contributed by atoms with Crippen molar-refractivity contribution in [2.24, 2.45) is 0 Å². The van der Waals surface area contributed by atoms with E-state index >= 15 is 0 Å². The van der Waals surface area contributed by atoms with Crippen molar-refractivity contribution in [1.82, 2.24) is 0 Å². The van der Waals surface area contributed by atoms with Crippen LogP contribution in [0, 0.1) is 0 Å². The van der Waals surface area contributed by atoms with Crippen LogP contribution >= 0.6 is 15.9 Å². The van der Waals surface area contributed by atoms with E-state index in [1.807, 2.05) is 18.2 Å². The topological polar surface area (TPSA) is 54.0 Å². The van der Waals surface area contributed by atoms with Gasteiger partial charge in [-0.3, -0.25) is 0 Å². The Balaban J connectivity index is 1.98.